The van der Waals surface area contributed by atoms with Crippen molar-refractivity contribution in [1.82, 2.24) is 5.48 Å². The molecule has 0 bridgehead atoms. The fourth-order valence-electron chi connectivity index (χ4n) is 6.05. The van der Waals surface area contributed by atoms with E-state index in [4.69, 9.17) is 9.68 Å². The zero-order chi connectivity index (χ0) is 37.6. The van der Waals surface area contributed by atoms with Gasteiger partial charge in [0.15, 0.2) is 5.78 Å². The Morgan fingerprint density at radius 1 is 0.796 bits per heavy atom. The molecule has 270 valence electrons. The van der Waals surface area contributed by atoms with Crippen molar-refractivity contribution in [3.8, 4) is 11.5 Å². The summed E-state index contributed by atoms with van der Waals surface area (Å²) in [7, 11) is 1.51. The van der Waals surface area contributed by atoms with Crippen LogP contribution in [0.15, 0.2) is 140 Å². The predicted octanol–water partition coefficient (Wildman–Crippen LogP) is 9.85. The lowest BCUT2D eigenvalue weighted by atomic mass is 9.98. The summed E-state index contributed by atoms with van der Waals surface area (Å²) in [6.45, 7) is 2.22. The van der Waals surface area contributed by atoms with Crippen molar-refractivity contribution in [3.63, 3.8) is 0 Å². The molecular weight excluding hydrogens is 748 g/mol. The Labute approximate surface area is 319 Å². The first-order valence-electron chi connectivity index (χ1n) is 17.1. The zero-order valence-corrected chi connectivity index (χ0v) is 30.9. The van der Waals surface area contributed by atoms with Gasteiger partial charge in [-0.3, -0.25) is 9.63 Å². The third-order valence-corrected chi connectivity index (χ3v) is 9.30. The third-order valence-electron chi connectivity index (χ3n) is 8.81. The average Bonchev–Trinajstić information content (AvgIpc) is 3.19. The molecule has 11 nitrogen and oxygen atoms in total. The topological polar surface area (TPSA) is 141 Å². The number of carbonyl (C=O) groups excluding carboxylic acids is 1. The van der Waals surface area contributed by atoms with Crippen molar-refractivity contribution in [2.75, 3.05) is 18.9 Å². The number of nitrogens with one attached hydrogen (secondary N) is 1. The molecule has 0 radical (unpaired) electrons. The average molecular weight is 784 g/mol. The van der Waals surface area contributed by atoms with Crippen LogP contribution in [-0.2, 0) is 9.68 Å². The summed E-state index contributed by atoms with van der Waals surface area (Å²) in [5, 5.41) is 43.7. The minimum Gasteiger partial charge on any atom is -0.506 e. The van der Waals surface area contributed by atoms with Gasteiger partial charge in [-0.15, -0.1) is 10.2 Å². The molecular formula is C42H35BrN6O5. The summed E-state index contributed by atoms with van der Waals surface area (Å²) < 4.78 is 0.893. The third kappa shape index (κ3) is 8.12. The number of aromatic hydroxyl groups is 2. The van der Waals surface area contributed by atoms with Gasteiger partial charge in [-0.05, 0) is 120 Å². The van der Waals surface area contributed by atoms with Gasteiger partial charge in [-0.25, -0.2) is 5.06 Å². The van der Waals surface area contributed by atoms with Gasteiger partial charge in [-0.1, -0.05) is 53.2 Å². The fourth-order valence-corrected chi connectivity index (χ4v) is 6.44. The highest BCUT2D eigenvalue weighted by atomic mass is 79.9. The zero-order valence-electron chi connectivity index (χ0n) is 29.3. The number of rotatable bonds is 12. The molecule has 0 fully saturated rings. The number of carbonyl (C=O) groups is 1. The Bertz CT molecular complexity index is 2520. The van der Waals surface area contributed by atoms with Gasteiger partial charge in [0.2, 0.25) is 0 Å². The highest BCUT2D eigenvalue weighted by Crippen LogP contribution is 2.39. The highest BCUT2D eigenvalue weighted by molar-refractivity contribution is 9.10. The molecule has 0 amide bonds. The van der Waals surface area contributed by atoms with Gasteiger partial charge in [0.1, 0.15) is 29.6 Å². The van der Waals surface area contributed by atoms with Crippen molar-refractivity contribution >= 4 is 78.8 Å². The van der Waals surface area contributed by atoms with Crippen LogP contribution < -0.4 is 21.0 Å². The molecule has 6 aromatic rings. The lowest BCUT2D eigenvalue weighted by Crippen LogP contribution is -2.28. The molecule has 0 aliphatic heterocycles. The number of hydroxylamine groups is 1. The van der Waals surface area contributed by atoms with E-state index >= 15 is 0 Å². The predicted molar refractivity (Wildman–Crippen MR) is 213 cm³/mol. The van der Waals surface area contributed by atoms with E-state index in [1.807, 2.05) is 48.5 Å². The van der Waals surface area contributed by atoms with Crippen molar-refractivity contribution < 1.29 is 24.7 Å². The molecule has 1 aliphatic carbocycles. The van der Waals surface area contributed by atoms with Crippen LogP contribution >= 0.6 is 15.9 Å². The molecule has 1 atom stereocenters. The molecule has 1 unspecified atom stereocenters. The van der Waals surface area contributed by atoms with Crippen molar-refractivity contribution in [3.05, 3.63) is 141 Å². The largest absolute Gasteiger partial charge is 0.506 e. The van der Waals surface area contributed by atoms with E-state index in [0.717, 1.165) is 38.1 Å². The molecule has 0 saturated carbocycles. The van der Waals surface area contributed by atoms with Gasteiger partial charge < -0.3 is 15.1 Å². The molecule has 0 heterocycles. The van der Waals surface area contributed by atoms with E-state index in [2.05, 4.69) is 60.9 Å². The van der Waals surface area contributed by atoms with Crippen LogP contribution in [0.2, 0.25) is 0 Å². The highest BCUT2D eigenvalue weighted by Gasteiger charge is 2.15. The van der Waals surface area contributed by atoms with Crippen molar-refractivity contribution in [2.45, 2.75) is 13.3 Å². The summed E-state index contributed by atoms with van der Waals surface area (Å²) in [4.78, 5) is 24.2. The van der Waals surface area contributed by atoms with Crippen LogP contribution in [0.4, 0.5) is 34.1 Å². The van der Waals surface area contributed by atoms with E-state index in [1.165, 1.54) is 7.11 Å². The maximum absolute atomic E-state index is 13.3. The minimum atomic E-state index is -0.169. The maximum Gasteiger partial charge on any atom is 0.193 e. The molecule has 1 aliphatic rings. The standard InChI is InChI=1S/C42H35BrN6O5/c1-26-6-7-27-12-20-39(51)41(37(27)22-26)48-46-33-16-10-29(11-17-33)42(52)28-8-14-32(15-9-28)45-47-40-36-19-18-35(23-30(36)13-21-38(40)50)49(54-25-44-53-2)34-5-3-4-31(43)24-34/h3-5,7-24,26,44,50-51H,6,25H2,1-2H3. The smallest absolute Gasteiger partial charge is 0.193 e. The van der Waals surface area contributed by atoms with Crippen LogP contribution in [0.25, 0.3) is 22.9 Å². The van der Waals surface area contributed by atoms with Crippen LogP contribution in [0.3, 0.4) is 0 Å². The van der Waals surface area contributed by atoms with E-state index in [-0.39, 0.29) is 24.0 Å². The number of phenols is 2. The maximum atomic E-state index is 13.3. The summed E-state index contributed by atoms with van der Waals surface area (Å²) in [5.41, 5.74) is 6.97. The Morgan fingerprint density at radius 2 is 1.44 bits per heavy atom. The summed E-state index contributed by atoms with van der Waals surface area (Å²) in [6, 6.07) is 33.8. The number of anilines is 2. The normalized spacial score (nSPS) is 13.9. The number of halogens is 1. The lowest BCUT2D eigenvalue weighted by molar-refractivity contribution is -0.00710. The summed E-state index contributed by atoms with van der Waals surface area (Å²) in [6.07, 6.45) is 5.18. The van der Waals surface area contributed by atoms with Crippen molar-refractivity contribution in [2.24, 2.45) is 26.4 Å². The lowest BCUT2D eigenvalue weighted by Gasteiger charge is -2.24. The number of nitrogens with zero attached hydrogens (tertiary/aromatic N) is 5. The van der Waals surface area contributed by atoms with E-state index in [0.29, 0.717) is 45.2 Å². The fraction of sp³-hybridized carbons (Fsp3) is 0.119. The Kier molecular flexibility index (Phi) is 11.0. The second-order valence-electron chi connectivity index (χ2n) is 12.6. The first-order chi connectivity index (χ1) is 26.3. The van der Waals surface area contributed by atoms with Crippen LogP contribution in [0.5, 0.6) is 11.5 Å². The van der Waals surface area contributed by atoms with Crippen molar-refractivity contribution in [1.29, 1.82) is 0 Å². The van der Waals surface area contributed by atoms with E-state index in [9.17, 15) is 15.0 Å². The molecule has 0 aromatic heterocycles. The molecule has 0 saturated heterocycles. The molecule has 12 heteroatoms. The molecule has 3 N–H and O–H groups in total. The quantitative estimate of drug-likeness (QED) is 0.0369. The Hall–Kier alpha value is -6.05. The van der Waals surface area contributed by atoms with Gasteiger partial charge in [0.05, 0.1) is 29.9 Å². The second kappa shape index (κ2) is 16.3. The minimum absolute atomic E-state index is 0.0236. The number of azo groups is 2. The molecule has 6 aromatic carbocycles. The number of phenolic OH excluding ortho intramolecular Hbond substituents is 2. The molecule has 0 spiro atoms. The second-order valence-corrected chi connectivity index (χ2v) is 13.5. The summed E-state index contributed by atoms with van der Waals surface area (Å²) >= 11 is 3.52. The van der Waals surface area contributed by atoms with Gasteiger partial charge in [0, 0.05) is 26.2 Å². The molecule has 54 heavy (non-hydrogen) atoms. The first-order valence-corrected chi connectivity index (χ1v) is 17.9. The number of ketones is 1. The van der Waals surface area contributed by atoms with E-state index < -0.39 is 0 Å². The Balaban J connectivity index is 1.06. The first kappa shape index (κ1) is 36.3. The SMILES string of the molecule is CONCON(c1cccc(Br)c1)c1ccc2c(N=Nc3ccc(C(=O)c4ccc(N=Nc5c(O)ccc6c5=CC(C)CC=6)cc4)cc3)c(O)ccc2c1. The van der Waals surface area contributed by atoms with Gasteiger partial charge in [0.25, 0.3) is 0 Å². The number of hydrogen-bond donors (Lipinski definition) is 3. The van der Waals surface area contributed by atoms with E-state index in [1.54, 1.807) is 71.8 Å². The van der Waals surface area contributed by atoms with Crippen LogP contribution in [0, 0.1) is 5.92 Å². The molecule has 7 rings (SSSR count). The van der Waals surface area contributed by atoms with Gasteiger partial charge >= 0.3 is 0 Å². The number of benzene rings is 6. The van der Waals surface area contributed by atoms with Crippen LogP contribution in [0.1, 0.15) is 29.3 Å². The number of hydrogen-bond acceptors (Lipinski definition) is 11. The Morgan fingerprint density at radius 3 is 2.13 bits per heavy atom. The van der Waals surface area contributed by atoms with Gasteiger partial charge in [-0.2, -0.15) is 15.7 Å². The number of fused-ring (bicyclic) bond motifs is 2. The van der Waals surface area contributed by atoms with Crippen LogP contribution in [-0.4, -0.2) is 29.8 Å². The summed E-state index contributed by atoms with van der Waals surface area (Å²) in [5.74, 6) is 0.216. The monoisotopic (exact) mass is 782 g/mol.